The summed E-state index contributed by atoms with van der Waals surface area (Å²) in [5.74, 6) is 0.859. The first-order valence-corrected chi connectivity index (χ1v) is 6.31. The fourth-order valence-corrected chi connectivity index (χ4v) is 2.29. The zero-order chi connectivity index (χ0) is 14.1. The summed E-state index contributed by atoms with van der Waals surface area (Å²) in [5.41, 5.74) is 1.32. The minimum Gasteiger partial charge on any atom is -0.497 e. The van der Waals surface area contributed by atoms with Crippen molar-refractivity contribution in [3.8, 4) is 11.5 Å². The fraction of sp³-hybridized carbons (Fsp3) is 0.188. The predicted octanol–water partition coefficient (Wildman–Crippen LogP) is 3.54. The summed E-state index contributed by atoms with van der Waals surface area (Å²) in [5, 5.41) is 0. The summed E-state index contributed by atoms with van der Waals surface area (Å²) < 4.78 is 23.9. The lowest BCUT2D eigenvalue weighted by Gasteiger charge is -2.25. The molecule has 0 unspecified atom stereocenters. The van der Waals surface area contributed by atoms with Gasteiger partial charge < -0.3 is 9.47 Å². The molecule has 0 aromatic heterocycles. The van der Waals surface area contributed by atoms with E-state index in [2.05, 4.69) is 0 Å². The number of ether oxygens (including phenoxy) is 2. The number of hydrogen-bond acceptors (Lipinski definition) is 3. The molecule has 0 saturated heterocycles. The van der Waals surface area contributed by atoms with Crippen molar-refractivity contribution in [2.24, 2.45) is 0 Å². The molecule has 1 aliphatic heterocycles. The number of benzene rings is 2. The van der Waals surface area contributed by atoms with Crippen molar-refractivity contribution >= 4 is 5.78 Å². The Balaban J connectivity index is 1.92. The van der Waals surface area contributed by atoms with Crippen LogP contribution >= 0.6 is 0 Å². The lowest BCUT2D eigenvalue weighted by molar-refractivity contribution is 0.0849. The summed E-state index contributed by atoms with van der Waals surface area (Å²) in [4.78, 5) is 12.2. The van der Waals surface area contributed by atoms with Gasteiger partial charge in [0.1, 0.15) is 23.4 Å². The molecule has 0 fully saturated rings. The number of halogens is 1. The van der Waals surface area contributed by atoms with Gasteiger partial charge in [-0.1, -0.05) is 12.1 Å². The van der Waals surface area contributed by atoms with E-state index in [1.54, 1.807) is 37.4 Å². The van der Waals surface area contributed by atoms with Crippen LogP contribution in [0.1, 0.15) is 28.4 Å². The summed E-state index contributed by atoms with van der Waals surface area (Å²) >= 11 is 0. The largest absolute Gasteiger partial charge is 0.497 e. The molecule has 20 heavy (non-hydrogen) atoms. The van der Waals surface area contributed by atoms with Crippen LogP contribution in [-0.2, 0) is 0 Å². The number of carbonyl (C=O) groups is 1. The normalized spacial score (nSPS) is 17.3. The van der Waals surface area contributed by atoms with Crippen molar-refractivity contribution in [1.29, 1.82) is 0 Å². The Hall–Kier alpha value is -2.36. The van der Waals surface area contributed by atoms with Gasteiger partial charge in [-0.25, -0.2) is 4.39 Å². The highest BCUT2D eigenvalue weighted by atomic mass is 19.1. The fourth-order valence-electron chi connectivity index (χ4n) is 2.29. The molecule has 1 heterocycles. The lowest BCUT2D eigenvalue weighted by atomic mass is 9.96. The highest BCUT2D eigenvalue weighted by Gasteiger charge is 2.28. The molecule has 0 bridgehead atoms. The zero-order valence-electron chi connectivity index (χ0n) is 10.9. The van der Waals surface area contributed by atoms with Crippen LogP contribution in [0.3, 0.4) is 0 Å². The van der Waals surface area contributed by atoms with Crippen LogP contribution in [0.15, 0.2) is 42.5 Å². The SMILES string of the molecule is COc1ccc2c(c1)C(=O)C[C@@H](c1ccc(F)cc1)O2. The minimum atomic E-state index is -0.371. The van der Waals surface area contributed by atoms with Gasteiger partial charge in [0.25, 0.3) is 0 Å². The van der Waals surface area contributed by atoms with E-state index in [1.807, 2.05) is 0 Å². The van der Waals surface area contributed by atoms with Gasteiger partial charge in [0, 0.05) is 0 Å². The van der Waals surface area contributed by atoms with E-state index in [0.717, 1.165) is 5.56 Å². The second kappa shape index (κ2) is 4.96. The Kier molecular flexibility index (Phi) is 3.14. The van der Waals surface area contributed by atoms with E-state index in [1.165, 1.54) is 12.1 Å². The quantitative estimate of drug-likeness (QED) is 0.838. The number of hydrogen-bond donors (Lipinski definition) is 0. The summed E-state index contributed by atoms with van der Waals surface area (Å²) in [6.45, 7) is 0. The van der Waals surface area contributed by atoms with Crippen LogP contribution < -0.4 is 9.47 Å². The molecular weight excluding hydrogens is 259 g/mol. The first kappa shape index (κ1) is 12.7. The molecule has 2 aromatic carbocycles. The predicted molar refractivity (Wildman–Crippen MR) is 71.7 cm³/mol. The van der Waals surface area contributed by atoms with Crippen LogP contribution in [0, 0.1) is 5.82 Å². The van der Waals surface area contributed by atoms with Crippen molar-refractivity contribution in [2.45, 2.75) is 12.5 Å². The van der Waals surface area contributed by atoms with Crippen LogP contribution in [0.25, 0.3) is 0 Å². The molecule has 0 saturated carbocycles. The Labute approximate surface area is 115 Å². The van der Waals surface area contributed by atoms with Crippen LogP contribution in [0.4, 0.5) is 4.39 Å². The second-order valence-corrected chi connectivity index (χ2v) is 4.65. The lowest BCUT2D eigenvalue weighted by Crippen LogP contribution is -2.20. The molecule has 102 valence electrons. The maximum atomic E-state index is 12.9. The smallest absolute Gasteiger partial charge is 0.170 e. The number of methoxy groups -OCH3 is 1. The molecule has 2 aromatic rings. The van der Waals surface area contributed by atoms with Gasteiger partial charge in [-0.05, 0) is 35.9 Å². The molecule has 1 aliphatic rings. The topological polar surface area (TPSA) is 35.5 Å². The molecule has 3 nitrogen and oxygen atoms in total. The number of Topliss-reactive ketones (excluding diaryl/α,β-unsaturated/α-hetero) is 1. The van der Waals surface area contributed by atoms with E-state index in [-0.39, 0.29) is 24.1 Å². The van der Waals surface area contributed by atoms with Gasteiger partial charge in [-0.2, -0.15) is 0 Å². The third kappa shape index (κ3) is 2.25. The van der Waals surface area contributed by atoms with Crippen molar-refractivity contribution in [3.05, 3.63) is 59.4 Å². The standard InChI is InChI=1S/C16H13FO3/c1-19-12-6-7-15-13(8-12)14(18)9-16(20-15)10-2-4-11(17)5-3-10/h2-8,16H,9H2,1H3/t16-/m0/s1. The van der Waals surface area contributed by atoms with E-state index < -0.39 is 0 Å². The van der Waals surface area contributed by atoms with Gasteiger partial charge in [-0.3, -0.25) is 4.79 Å². The summed E-state index contributed by atoms with van der Waals surface area (Å²) in [7, 11) is 1.55. The molecule has 0 N–H and O–H groups in total. The molecule has 0 radical (unpaired) electrons. The van der Waals surface area contributed by atoms with Crippen LogP contribution in [0.5, 0.6) is 11.5 Å². The van der Waals surface area contributed by atoms with Crippen molar-refractivity contribution in [3.63, 3.8) is 0 Å². The molecule has 0 spiro atoms. The monoisotopic (exact) mass is 272 g/mol. The van der Waals surface area contributed by atoms with E-state index in [0.29, 0.717) is 17.1 Å². The van der Waals surface area contributed by atoms with Gasteiger partial charge in [0.15, 0.2) is 5.78 Å². The Bertz CT molecular complexity index is 649. The molecule has 4 heteroatoms. The molecule has 1 atom stereocenters. The molecule has 0 amide bonds. The van der Waals surface area contributed by atoms with Gasteiger partial charge in [0.05, 0.1) is 19.1 Å². The average molecular weight is 272 g/mol. The molecule has 3 rings (SSSR count). The second-order valence-electron chi connectivity index (χ2n) is 4.65. The third-order valence-corrected chi connectivity index (χ3v) is 3.37. The summed E-state index contributed by atoms with van der Waals surface area (Å²) in [6, 6.07) is 11.2. The van der Waals surface area contributed by atoms with E-state index in [4.69, 9.17) is 9.47 Å². The Morgan fingerprint density at radius 1 is 1.20 bits per heavy atom. The first-order valence-electron chi connectivity index (χ1n) is 6.31. The number of rotatable bonds is 2. The Morgan fingerprint density at radius 2 is 1.95 bits per heavy atom. The highest BCUT2D eigenvalue weighted by Crippen LogP contribution is 2.36. The molecular formula is C16H13FO3. The van der Waals surface area contributed by atoms with Crippen molar-refractivity contribution in [1.82, 2.24) is 0 Å². The van der Waals surface area contributed by atoms with Gasteiger partial charge in [-0.15, -0.1) is 0 Å². The molecule has 0 aliphatic carbocycles. The zero-order valence-corrected chi connectivity index (χ0v) is 10.9. The maximum absolute atomic E-state index is 12.9. The number of fused-ring (bicyclic) bond motifs is 1. The average Bonchev–Trinajstić information content (AvgIpc) is 2.47. The van der Waals surface area contributed by atoms with Gasteiger partial charge >= 0.3 is 0 Å². The first-order chi connectivity index (χ1) is 9.67. The van der Waals surface area contributed by atoms with Crippen LogP contribution in [-0.4, -0.2) is 12.9 Å². The minimum absolute atomic E-state index is 0.000486. The number of carbonyl (C=O) groups excluding carboxylic acids is 1. The van der Waals surface area contributed by atoms with E-state index >= 15 is 0 Å². The van der Waals surface area contributed by atoms with Gasteiger partial charge in [0.2, 0.25) is 0 Å². The number of ketones is 1. The van der Waals surface area contributed by atoms with Crippen molar-refractivity contribution < 1.29 is 18.7 Å². The van der Waals surface area contributed by atoms with Crippen molar-refractivity contribution in [2.75, 3.05) is 7.11 Å². The maximum Gasteiger partial charge on any atom is 0.170 e. The summed E-state index contributed by atoms with van der Waals surface area (Å²) in [6.07, 6.45) is -0.129. The highest BCUT2D eigenvalue weighted by molar-refractivity contribution is 6.00. The third-order valence-electron chi connectivity index (χ3n) is 3.37. The Morgan fingerprint density at radius 3 is 2.65 bits per heavy atom. The van der Waals surface area contributed by atoms with E-state index in [9.17, 15) is 9.18 Å². The van der Waals surface area contributed by atoms with Crippen LogP contribution in [0.2, 0.25) is 0 Å².